The number of thiophene rings is 1. The molecule has 1 fully saturated rings. The van der Waals surface area contributed by atoms with Gasteiger partial charge in [0.05, 0.1) is 0 Å². The zero-order valence-electron chi connectivity index (χ0n) is 12.4. The van der Waals surface area contributed by atoms with Gasteiger partial charge in [0.25, 0.3) is 10.0 Å². The zero-order valence-corrected chi connectivity index (χ0v) is 14.1. The predicted molar refractivity (Wildman–Crippen MR) is 89.7 cm³/mol. The molecule has 23 heavy (non-hydrogen) atoms. The van der Waals surface area contributed by atoms with Crippen LogP contribution in [0.5, 0.6) is 0 Å². The Bertz CT molecular complexity index is 754. The lowest BCUT2D eigenvalue weighted by Crippen LogP contribution is -2.48. The third-order valence-corrected chi connectivity index (χ3v) is 6.45. The van der Waals surface area contributed by atoms with Crippen LogP contribution in [-0.4, -0.2) is 26.4 Å². The van der Waals surface area contributed by atoms with Gasteiger partial charge in [-0.2, -0.15) is 4.72 Å². The van der Waals surface area contributed by atoms with E-state index in [4.69, 9.17) is 0 Å². The molecule has 1 aromatic carbocycles. The van der Waals surface area contributed by atoms with Crippen molar-refractivity contribution < 1.29 is 13.2 Å². The Morgan fingerprint density at radius 1 is 1.17 bits per heavy atom. The largest absolute Gasteiger partial charge is 0.352 e. The SMILES string of the molecule is O=C(NC1CC1)[C@@H](Cc1ccccc1)NS(=O)(=O)c1cccs1. The van der Waals surface area contributed by atoms with Crippen LogP contribution in [0.1, 0.15) is 18.4 Å². The van der Waals surface area contributed by atoms with Gasteiger partial charge in [-0.15, -0.1) is 11.3 Å². The van der Waals surface area contributed by atoms with Gasteiger partial charge in [0, 0.05) is 6.04 Å². The molecule has 5 nitrogen and oxygen atoms in total. The number of hydrogen-bond acceptors (Lipinski definition) is 4. The molecule has 0 saturated heterocycles. The van der Waals surface area contributed by atoms with Crippen molar-refractivity contribution in [3.8, 4) is 0 Å². The normalized spacial score (nSPS) is 16.0. The van der Waals surface area contributed by atoms with Gasteiger partial charge < -0.3 is 5.32 Å². The minimum absolute atomic E-state index is 0.187. The van der Waals surface area contributed by atoms with Crippen LogP contribution in [0.25, 0.3) is 0 Å². The maximum Gasteiger partial charge on any atom is 0.250 e. The summed E-state index contributed by atoms with van der Waals surface area (Å²) in [5.74, 6) is -0.267. The number of nitrogens with one attached hydrogen (secondary N) is 2. The molecule has 1 heterocycles. The highest BCUT2D eigenvalue weighted by Gasteiger charge is 2.30. The lowest BCUT2D eigenvalue weighted by molar-refractivity contribution is -0.122. The molecule has 1 saturated carbocycles. The molecule has 2 aromatic rings. The first-order chi connectivity index (χ1) is 11.0. The van der Waals surface area contributed by atoms with Crippen LogP contribution in [0.2, 0.25) is 0 Å². The van der Waals surface area contributed by atoms with Gasteiger partial charge in [-0.1, -0.05) is 36.4 Å². The molecule has 1 aliphatic carbocycles. The summed E-state index contributed by atoms with van der Waals surface area (Å²) in [6.07, 6.45) is 2.24. The summed E-state index contributed by atoms with van der Waals surface area (Å²) < 4.78 is 27.6. The van der Waals surface area contributed by atoms with E-state index >= 15 is 0 Å². The quantitative estimate of drug-likeness (QED) is 0.801. The van der Waals surface area contributed by atoms with E-state index in [1.54, 1.807) is 11.4 Å². The summed E-state index contributed by atoms with van der Waals surface area (Å²) >= 11 is 1.13. The van der Waals surface area contributed by atoms with E-state index in [1.165, 1.54) is 6.07 Å². The molecular formula is C16H18N2O3S2. The fourth-order valence-electron chi connectivity index (χ4n) is 2.23. The van der Waals surface area contributed by atoms with E-state index in [0.717, 1.165) is 29.7 Å². The monoisotopic (exact) mass is 350 g/mol. The Labute approximate surface area is 139 Å². The van der Waals surface area contributed by atoms with E-state index in [2.05, 4.69) is 10.0 Å². The smallest absolute Gasteiger partial charge is 0.250 e. The lowest BCUT2D eigenvalue weighted by Gasteiger charge is -2.18. The molecule has 0 bridgehead atoms. The average Bonchev–Trinajstić information content (AvgIpc) is 3.16. The number of rotatable bonds is 7. The molecule has 0 spiro atoms. The van der Waals surface area contributed by atoms with Crippen molar-refractivity contribution in [1.82, 2.24) is 10.0 Å². The van der Waals surface area contributed by atoms with Crippen molar-refractivity contribution in [2.75, 3.05) is 0 Å². The van der Waals surface area contributed by atoms with Crippen molar-refractivity contribution in [3.05, 3.63) is 53.4 Å². The molecule has 0 aliphatic heterocycles. The minimum Gasteiger partial charge on any atom is -0.352 e. The van der Waals surface area contributed by atoms with E-state index in [9.17, 15) is 13.2 Å². The molecule has 1 aliphatic rings. The van der Waals surface area contributed by atoms with Crippen LogP contribution in [0.4, 0.5) is 0 Å². The third-order valence-electron chi connectivity index (χ3n) is 3.58. The number of carbonyl (C=O) groups is 1. The molecule has 0 radical (unpaired) electrons. The van der Waals surface area contributed by atoms with E-state index < -0.39 is 16.1 Å². The summed E-state index contributed by atoms with van der Waals surface area (Å²) in [4.78, 5) is 12.4. The average molecular weight is 350 g/mol. The summed E-state index contributed by atoms with van der Waals surface area (Å²) in [6.45, 7) is 0. The van der Waals surface area contributed by atoms with Crippen LogP contribution in [0.3, 0.4) is 0 Å². The maximum absolute atomic E-state index is 12.4. The molecular weight excluding hydrogens is 332 g/mol. The van der Waals surface area contributed by atoms with Crippen LogP contribution in [0.15, 0.2) is 52.1 Å². The van der Waals surface area contributed by atoms with Gasteiger partial charge in [0.1, 0.15) is 10.3 Å². The topological polar surface area (TPSA) is 75.3 Å². The second kappa shape index (κ2) is 6.82. The van der Waals surface area contributed by atoms with E-state index in [-0.39, 0.29) is 16.2 Å². The molecule has 1 aromatic heterocycles. The third kappa shape index (κ3) is 4.40. The number of sulfonamides is 1. The van der Waals surface area contributed by atoms with Crippen molar-refractivity contribution >= 4 is 27.3 Å². The molecule has 1 atom stereocenters. The fourth-order valence-corrected chi connectivity index (χ4v) is 4.43. The highest BCUT2D eigenvalue weighted by Crippen LogP contribution is 2.20. The van der Waals surface area contributed by atoms with Crippen LogP contribution < -0.4 is 10.0 Å². The van der Waals surface area contributed by atoms with Gasteiger partial charge in [-0.05, 0) is 36.3 Å². The molecule has 3 rings (SSSR count). The number of amides is 1. The Balaban J connectivity index is 1.78. The molecule has 122 valence electrons. The first-order valence-corrected chi connectivity index (χ1v) is 9.81. The minimum atomic E-state index is -3.69. The molecule has 7 heteroatoms. The Morgan fingerprint density at radius 2 is 1.91 bits per heavy atom. The number of hydrogen-bond donors (Lipinski definition) is 2. The van der Waals surface area contributed by atoms with Gasteiger partial charge in [-0.25, -0.2) is 8.42 Å². The first kappa shape index (κ1) is 16.2. The molecule has 1 amide bonds. The molecule has 2 N–H and O–H groups in total. The van der Waals surface area contributed by atoms with Crippen LogP contribution in [-0.2, 0) is 21.2 Å². The Hall–Kier alpha value is -1.70. The summed E-state index contributed by atoms with van der Waals surface area (Å²) in [5, 5.41) is 4.58. The van der Waals surface area contributed by atoms with Gasteiger partial charge in [0.15, 0.2) is 0 Å². The summed E-state index contributed by atoms with van der Waals surface area (Å²) in [6, 6.07) is 12.0. The predicted octanol–water partition coefficient (Wildman–Crippen LogP) is 1.92. The van der Waals surface area contributed by atoms with Crippen molar-refractivity contribution in [2.24, 2.45) is 0 Å². The van der Waals surface area contributed by atoms with Crippen molar-refractivity contribution in [2.45, 2.75) is 35.6 Å². The summed E-state index contributed by atoms with van der Waals surface area (Å²) in [7, 11) is -3.69. The van der Waals surface area contributed by atoms with Crippen LogP contribution >= 0.6 is 11.3 Å². The van der Waals surface area contributed by atoms with Crippen LogP contribution in [0, 0.1) is 0 Å². The first-order valence-electron chi connectivity index (χ1n) is 7.45. The second-order valence-electron chi connectivity index (χ2n) is 5.58. The Morgan fingerprint density at radius 3 is 2.52 bits per heavy atom. The second-order valence-corrected chi connectivity index (χ2v) is 8.47. The van der Waals surface area contributed by atoms with Crippen molar-refractivity contribution in [1.29, 1.82) is 0 Å². The maximum atomic E-state index is 12.4. The lowest BCUT2D eigenvalue weighted by atomic mass is 10.1. The van der Waals surface area contributed by atoms with Crippen molar-refractivity contribution in [3.63, 3.8) is 0 Å². The van der Waals surface area contributed by atoms with E-state index in [0.29, 0.717) is 6.42 Å². The van der Waals surface area contributed by atoms with Gasteiger partial charge in [0.2, 0.25) is 5.91 Å². The van der Waals surface area contributed by atoms with Gasteiger partial charge in [-0.3, -0.25) is 4.79 Å². The number of benzene rings is 1. The number of carbonyl (C=O) groups excluding carboxylic acids is 1. The highest BCUT2D eigenvalue weighted by molar-refractivity contribution is 7.91. The summed E-state index contributed by atoms with van der Waals surface area (Å²) in [5.41, 5.74) is 0.914. The van der Waals surface area contributed by atoms with Gasteiger partial charge >= 0.3 is 0 Å². The highest BCUT2D eigenvalue weighted by atomic mass is 32.2. The fraction of sp³-hybridized carbons (Fsp3) is 0.312. The standard InChI is InChI=1S/C16H18N2O3S2/c19-16(17-13-8-9-13)14(11-12-5-2-1-3-6-12)18-23(20,21)15-7-4-10-22-15/h1-7,10,13-14,18H,8-9,11H2,(H,17,19)/t14-/m1/s1. The molecule has 0 unspecified atom stereocenters. The van der Waals surface area contributed by atoms with E-state index in [1.807, 2.05) is 30.3 Å². The Kier molecular flexibility index (Phi) is 4.79. The zero-order chi connectivity index (χ0) is 16.3.